The quantitative estimate of drug-likeness (QED) is 0.828. The zero-order valence-corrected chi connectivity index (χ0v) is 16.1. The van der Waals surface area contributed by atoms with Crippen LogP contribution in [0.4, 0.5) is 0 Å². The van der Waals surface area contributed by atoms with Crippen molar-refractivity contribution in [2.24, 2.45) is 0 Å². The molecule has 0 N–H and O–H groups in total. The summed E-state index contributed by atoms with van der Waals surface area (Å²) in [6.45, 7) is 7.47. The predicted octanol–water partition coefficient (Wildman–Crippen LogP) is 3.01. The molecule has 0 atom stereocenters. The van der Waals surface area contributed by atoms with Crippen LogP contribution in [0.2, 0.25) is 0 Å². The maximum Gasteiger partial charge on any atom is 0.253 e. The van der Waals surface area contributed by atoms with E-state index in [2.05, 4.69) is 67.2 Å². The van der Waals surface area contributed by atoms with E-state index in [1.54, 1.807) is 0 Å². The van der Waals surface area contributed by atoms with Crippen molar-refractivity contribution in [1.82, 2.24) is 14.7 Å². The summed E-state index contributed by atoms with van der Waals surface area (Å²) in [7, 11) is 4.10. The Bertz CT molecular complexity index is 731. The Morgan fingerprint density at radius 1 is 0.962 bits per heavy atom. The monoisotopic (exact) mass is 351 g/mol. The third kappa shape index (κ3) is 4.71. The number of amides is 1. The van der Waals surface area contributed by atoms with Gasteiger partial charge in [-0.3, -0.25) is 9.69 Å². The van der Waals surface area contributed by atoms with Crippen molar-refractivity contribution in [3.05, 3.63) is 70.8 Å². The van der Waals surface area contributed by atoms with E-state index in [1.807, 2.05) is 17.0 Å². The van der Waals surface area contributed by atoms with Crippen LogP contribution in [0.1, 0.15) is 27.0 Å². The van der Waals surface area contributed by atoms with Gasteiger partial charge in [0.2, 0.25) is 0 Å². The number of nitrogens with zero attached hydrogens (tertiary/aromatic N) is 3. The summed E-state index contributed by atoms with van der Waals surface area (Å²) < 4.78 is 0. The van der Waals surface area contributed by atoms with Crippen LogP contribution in [-0.2, 0) is 13.1 Å². The number of benzene rings is 2. The van der Waals surface area contributed by atoms with E-state index in [4.69, 9.17) is 0 Å². The third-order valence-electron chi connectivity index (χ3n) is 5.01. The first-order valence-electron chi connectivity index (χ1n) is 9.33. The van der Waals surface area contributed by atoms with E-state index in [0.29, 0.717) is 0 Å². The molecule has 1 heterocycles. The number of aryl methyl sites for hydroxylation is 1. The normalized spacial score (nSPS) is 15.5. The average molecular weight is 351 g/mol. The first-order valence-corrected chi connectivity index (χ1v) is 9.33. The van der Waals surface area contributed by atoms with Gasteiger partial charge in [0.1, 0.15) is 0 Å². The molecule has 138 valence electrons. The Morgan fingerprint density at radius 3 is 2.23 bits per heavy atom. The number of piperazine rings is 1. The Hall–Kier alpha value is -2.17. The first kappa shape index (κ1) is 18.6. The summed E-state index contributed by atoms with van der Waals surface area (Å²) in [6, 6.07) is 16.6. The molecule has 0 spiro atoms. The van der Waals surface area contributed by atoms with E-state index < -0.39 is 0 Å². The number of carbonyl (C=O) groups excluding carboxylic acids is 1. The number of hydrogen-bond donors (Lipinski definition) is 0. The summed E-state index contributed by atoms with van der Waals surface area (Å²) in [6.07, 6.45) is 0. The van der Waals surface area contributed by atoms with Gasteiger partial charge in [-0.15, -0.1) is 0 Å². The van der Waals surface area contributed by atoms with Crippen LogP contribution in [0.5, 0.6) is 0 Å². The molecule has 26 heavy (non-hydrogen) atoms. The second-order valence-electron chi connectivity index (χ2n) is 7.43. The van der Waals surface area contributed by atoms with Gasteiger partial charge in [0, 0.05) is 44.8 Å². The lowest BCUT2D eigenvalue weighted by atomic mass is 10.1. The largest absolute Gasteiger partial charge is 0.336 e. The van der Waals surface area contributed by atoms with Crippen molar-refractivity contribution in [2.45, 2.75) is 20.0 Å². The maximum absolute atomic E-state index is 12.7. The zero-order chi connectivity index (χ0) is 18.5. The molecule has 1 aliphatic heterocycles. The van der Waals surface area contributed by atoms with Crippen molar-refractivity contribution in [3.63, 3.8) is 0 Å². The molecule has 2 aromatic carbocycles. The predicted molar refractivity (Wildman–Crippen MR) is 106 cm³/mol. The molecular formula is C22H29N3O. The molecule has 1 fully saturated rings. The van der Waals surface area contributed by atoms with Crippen molar-refractivity contribution in [2.75, 3.05) is 40.3 Å². The SMILES string of the molecule is Cc1ccccc1CN1CCN(C(=O)c2ccc(CN(C)C)cc2)CC1. The molecule has 4 heteroatoms. The lowest BCUT2D eigenvalue weighted by Crippen LogP contribution is -2.48. The highest BCUT2D eigenvalue weighted by Crippen LogP contribution is 2.15. The highest BCUT2D eigenvalue weighted by Gasteiger charge is 2.22. The van der Waals surface area contributed by atoms with Crippen LogP contribution >= 0.6 is 0 Å². The fourth-order valence-corrected chi connectivity index (χ4v) is 3.44. The number of rotatable bonds is 5. The van der Waals surface area contributed by atoms with Gasteiger partial charge in [-0.25, -0.2) is 0 Å². The summed E-state index contributed by atoms with van der Waals surface area (Å²) in [4.78, 5) is 19.3. The summed E-state index contributed by atoms with van der Waals surface area (Å²) in [5, 5.41) is 0. The van der Waals surface area contributed by atoms with E-state index in [0.717, 1.165) is 44.8 Å². The van der Waals surface area contributed by atoms with E-state index >= 15 is 0 Å². The zero-order valence-electron chi connectivity index (χ0n) is 16.1. The molecule has 0 bridgehead atoms. The lowest BCUT2D eigenvalue weighted by molar-refractivity contribution is 0.0628. The van der Waals surface area contributed by atoms with Crippen molar-refractivity contribution in [3.8, 4) is 0 Å². The van der Waals surface area contributed by atoms with Gasteiger partial charge in [-0.1, -0.05) is 36.4 Å². The summed E-state index contributed by atoms with van der Waals surface area (Å²) >= 11 is 0. The molecule has 1 saturated heterocycles. The fourth-order valence-electron chi connectivity index (χ4n) is 3.44. The van der Waals surface area contributed by atoms with Gasteiger partial charge in [0.25, 0.3) is 5.91 Å². The first-order chi connectivity index (χ1) is 12.5. The fraction of sp³-hybridized carbons (Fsp3) is 0.409. The molecule has 3 rings (SSSR count). The summed E-state index contributed by atoms with van der Waals surface area (Å²) in [5.41, 5.74) is 4.74. The molecule has 1 amide bonds. The molecule has 1 aliphatic rings. The van der Waals surface area contributed by atoms with Crippen LogP contribution < -0.4 is 0 Å². The van der Waals surface area contributed by atoms with E-state index in [-0.39, 0.29) is 5.91 Å². The second kappa shape index (κ2) is 8.47. The minimum atomic E-state index is 0.150. The Kier molecular flexibility index (Phi) is 6.07. The molecule has 0 aromatic heterocycles. The maximum atomic E-state index is 12.7. The van der Waals surface area contributed by atoms with Crippen LogP contribution in [0.15, 0.2) is 48.5 Å². The summed E-state index contributed by atoms with van der Waals surface area (Å²) in [5.74, 6) is 0.150. The second-order valence-corrected chi connectivity index (χ2v) is 7.43. The van der Waals surface area contributed by atoms with Crippen molar-refractivity contribution >= 4 is 5.91 Å². The molecule has 0 saturated carbocycles. The van der Waals surface area contributed by atoms with Gasteiger partial charge in [0.05, 0.1) is 0 Å². The molecule has 0 aliphatic carbocycles. The highest BCUT2D eigenvalue weighted by molar-refractivity contribution is 5.94. The lowest BCUT2D eigenvalue weighted by Gasteiger charge is -2.35. The number of hydrogen-bond acceptors (Lipinski definition) is 3. The Balaban J connectivity index is 1.54. The van der Waals surface area contributed by atoms with Gasteiger partial charge in [-0.2, -0.15) is 0 Å². The molecular weight excluding hydrogens is 322 g/mol. The molecule has 4 nitrogen and oxygen atoms in total. The van der Waals surface area contributed by atoms with Crippen LogP contribution in [0, 0.1) is 6.92 Å². The van der Waals surface area contributed by atoms with Gasteiger partial charge >= 0.3 is 0 Å². The highest BCUT2D eigenvalue weighted by atomic mass is 16.2. The number of carbonyl (C=O) groups is 1. The van der Waals surface area contributed by atoms with Crippen LogP contribution in [-0.4, -0.2) is 60.9 Å². The standard InChI is InChI=1S/C22H29N3O/c1-18-6-4-5-7-21(18)17-24-12-14-25(15-13-24)22(26)20-10-8-19(9-11-20)16-23(2)3/h4-11H,12-17H2,1-3H3. The Labute approximate surface area is 157 Å². The minimum absolute atomic E-state index is 0.150. The van der Waals surface area contributed by atoms with Crippen LogP contribution in [0.25, 0.3) is 0 Å². The average Bonchev–Trinajstić information content (AvgIpc) is 2.64. The Morgan fingerprint density at radius 2 is 1.62 bits per heavy atom. The van der Waals surface area contributed by atoms with E-state index in [9.17, 15) is 4.79 Å². The minimum Gasteiger partial charge on any atom is -0.336 e. The molecule has 2 aromatic rings. The van der Waals surface area contributed by atoms with Gasteiger partial charge < -0.3 is 9.80 Å². The van der Waals surface area contributed by atoms with Crippen LogP contribution in [0.3, 0.4) is 0 Å². The molecule has 0 unspecified atom stereocenters. The van der Waals surface area contributed by atoms with Gasteiger partial charge in [-0.05, 0) is 49.8 Å². The topological polar surface area (TPSA) is 26.8 Å². The van der Waals surface area contributed by atoms with Gasteiger partial charge in [0.15, 0.2) is 0 Å². The van der Waals surface area contributed by atoms with E-state index in [1.165, 1.54) is 16.7 Å². The van der Waals surface area contributed by atoms with Crippen molar-refractivity contribution < 1.29 is 4.79 Å². The third-order valence-corrected chi connectivity index (χ3v) is 5.01. The van der Waals surface area contributed by atoms with Crippen molar-refractivity contribution in [1.29, 1.82) is 0 Å². The smallest absolute Gasteiger partial charge is 0.253 e. The molecule has 0 radical (unpaired) electrons.